The van der Waals surface area contributed by atoms with Gasteiger partial charge in [0.05, 0.1) is 0 Å². The fourth-order valence-corrected chi connectivity index (χ4v) is 0.648. The summed E-state index contributed by atoms with van der Waals surface area (Å²) in [5, 5.41) is 2.56. The third-order valence-electron chi connectivity index (χ3n) is 1.22. The molecular formula is C9H13F2N. The van der Waals surface area contributed by atoms with Crippen LogP contribution in [0.4, 0.5) is 8.78 Å². The number of allylic oxidation sites excluding steroid dienone is 4. The molecule has 0 fully saturated rings. The molecule has 3 heteroatoms. The summed E-state index contributed by atoms with van der Waals surface area (Å²) in [5.41, 5.74) is -0.0649. The lowest BCUT2D eigenvalue weighted by molar-refractivity contribution is 0.0670. The van der Waals surface area contributed by atoms with Crippen LogP contribution in [-0.2, 0) is 0 Å². The molecule has 0 aliphatic rings. The molecule has 0 aliphatic heterocycles. The van der Waals surface area contributed by atoms with Crippen molar-refractivity contribution in [3.63, 3.8) is 0 Å². The Balaban J connectivity index is 4.56. The first-order valence-electron chi connectivity index (χ1n) is 3.57. The first-order chi connectivity index (χ1) is 5.52. The van der Waals surface area contributed by atoms with Gasteiger partial charge in [-0.05, 0) is 0 Å². The Labute approximate surface area is 71.5 Å². The van der Waals surface area contributed by atoms with Gasteiger partial charge in [0.1, 0.15) is 0 Å². The highest BCUT2D eigenvalue weighted by Gasteiger charge is 2.24. The van der Waals surface area contributed by atoms with Crippen molar-refractivity contribution in [2.24, 2.45) is 0 Å². The topological polar surface area (TPSA) is 12.0 Å². The van der Waals surface area contributed by atoms with E-state index in [-0.39, 0.29) is 5.57 Å². The van der Waals surface area contributed by atoms with E-state index in [1.165, 1.54) is 24.4 Å². The van der Waals surface area contributed by atoms with E-state index in [0.717, 1.165) is 6.92 Å². The smallest absolute Gasteiger partial charge is 0.271 e. The van der Waals surface area contributed by atoms with Gasteiger partial charge in [-0.1, -0.05) is 24.8 Å². The van der Waals surface area contributed by atoms with E-state index in [1.807, 2.05) is 0 Å². The molecule has 0 bridgehead atoms. The maximum atomic E-state index is 12.7. The molecule has 1 N–H and O–H groups in total. The van der Waals surface area contributed by atoms with Crippen LogP contribution in [0.1, 0.15) is 6.92 Å². The first-order valence-corrected chi connectivity index (χ1v) is 3.57. The molecular weight excluding hydrogens is 160 g/mol. The molecule has 0 saturated heterocycles. The van der Waals surface area contributed by atoms with Crippen molar-refractivity contribution in [1.29, 1.82) is 0 Å². The fourth-order valence-electron chi connectivity index (χ4n) is 0.648. The lowest BCUT2D eigenvalue weighted by Gasteiger charge is -2.10. The summed E-state index contributed by atoms with van der Waals surface area (Å²) in [6.45, 7) is 4.25. The van der Waals surface area contributed by atoms with Crippen LogP contribution >= 0.6 is 0 Å². The Morgan fingerprint density at radius 1 is 1.50 bits per heavy atom. The number of hydrogen-bond acceptors (Lipinski definition) is 1. The van der Waals surface area contributed by atoms with Crippen LogP contribution in [0.5, 0.6) is 0 Å². The highest BCUT2D eigenvalue weighted by Crippen LogP contribution is 2.23. The monoisotopic (exact) mass is 173 g/mol. The minimum absolute atomic E-state index is 0.0649. The number of hydrogen-bond donors (Lipinski definition) is 1. The molecule has 12 heavy (non-hydrogen) atoms. The average Bonchev–Trinajstić information content (AvgIpc) is 1.95. The molecule has 0 saturated carbocycles. The second-order valence-corrected chi connectivity index (χ2v) is 2.37. The second kappa shape index (κ2) is 4.70. The van der Waals surface area contributed by atoms with Crippen LogP contribution in [-0.4, -0.2) is 13.0 Å². The van der Waals surface area contributed by atoms with E-state index in [2.05, 4.69) is 11.9 Å². The quantitative estimate of drug-likeness (QED) is 0.644. The largest absolute Gasteiger partial charge is 0.394 e. The molecule has 0 aromatic heterocycles. The van der Waals surface area contributed by atoms with Crippen molar-refractivity contribution in [2.45, 2.75) is 12.8 Å². The Morgan fingerprint density at radius 2 is 2.08 bits per heavy atom. The zero-order chi connectivity index (χ0) is 9.61. The van der Waals surface area contributed by atoms with Crippen LogP contribution < -0.4 is 5.32 Å². The van der Waals surface area contributed by atoms with E-state index in [9.17, 15) is 8.78 Å². The summed E-state index contributed by atoms with van der Waals surface area (Å²) >= 11 is 0. The third kappa shape index (κ3) is 3.91. The van der Waals surface area contributed by atoms with E-state index < -0.39 is 5.92 Å². The molecule has 0 spiro atoms. The van der Waals surface area contributed by atoms with Crippen molar-refractivity contribution < 1.29 is 8.78 Å². The molecule has 0 heterocycles. The van der Waals surface area contributed by atoms with Gasteiger partial charge in [-0.25, -0.2) is 8.78 Å². The number of alkyl halides is 2. The average molecular weight is 173 g/mol. The Bertz CT molecular complexity index is 199. The highest BCUT2D eigenvalue weighted by atomic mass is 19.3. The number of nitrogens with one attached hydrogen (secondary N) is 1. The first kappa shape index (κ1) is 10.9. The number of rotatable bonds is 4. The summed E-state index contributed by atoms with van der Waals surface area (Å²) in [6, 6.07) is 0. The zero-order valence-corrected chi connectivity index (χ0v) is 7.27. The van der Waals surface area contributed by atoms with Gasteiger partial charge in [0.25, 0.3) is 5.92 Å². The summed E-state index contributed by atoms with van der Waals surface area (Å²) in [4.78, 5) is 0. The van der Waals surface area contributed by atoms with Gasteiger partial charge in [-0.15, -0.1) is 0 Å². The van der Waals surface area contributed by atoms with E-state index in [1.54, 1.807) is 7.05 Å². The van der Waals surface area contributed by atoms with Gasteiger partial charge < -0.3 is 5.32 Å². The molecule has 0 aromatic rings. The van der Waals surface area contributed by atoms with Crippen LogP contribution in [0.15, 0.2) is 36.6 Å². The van der Waals surface area contributed by atoms with Crippen molar-refractivity contribution >= 4 is 0 Å². The van der Waals surface area contributed by atoms with Gasteiger partial charge >= 0.3 is 0 Å². The minimum Gasteiger partial charge on any atom is -0.394 e. The molecule has 68 valence electrons. The van der Waals surface area contributed by atoms with Gasteiger partial charge in [0.15, 0.2) is 0 Å². The number of halogens is 2. The van der Waals surface area contributed by atoms with Crippen molar-refractivity contribution in [2.75, 3.05) is 7.05 Å². The molecule has 1 nitrogen and oxygen atoms in total. The maximum Gasteiger partial charge on any atom is 0.271 e. The standard InChI is InChI=1S/C9H13F2N/c1-4-5-6-8(7-12-3)9(2,10)11/h4-7,12H,1H2,2-3H3/b6-5-,8-7+. The SMILES string of the molecule is C=C/C=C\C(=C/NC)C(C)(F)F. The highest BCUT2D eigenvalue weighted by molar-refractivity contribution is 5.26. The van der Waals surface area contributed by atoms with E-state index >= 15 is 0 Å². The van der Waals surface area contributed by atoms with Crippen LogP contribution in [0.3, 0.4) is 0 Å². The molecule has 0 unspecified atom stereocenters. The van der Waals surface area contributed by atoms with E-state index in [0.29, 0.717) is 0 Å². The zero-order valence-electron chi connectivity index (χ0n) is 7.27. The third-order valence-corrected chi connectivity index (χ3v) is 1.22. The molecule has 0 rings (SSSR count). The van der Waals surface area contributed by atoms with Gasteiger partial charge in [0, 0.05) is 25.7 Å². The Morgan fingerprint density at radius 3 is 2.42 bits per heavy atom. The second-order valence-electron chi connectivity index (χ2n) is 2.37. The van der Waals surface area contributed by atoms with Gasteiger partial charge in [-0.3, -0.25) is 0 Å². The van der Waals surface area contributed by atoms with Crippen molar-refractivity contribution in [3.8, 4) is 0 Å². The minimum atomic E-state index is -2.82. The molecule has 0 amide bonds. The van der Waals surface area contributed by atoms with Crippen LogP contribution in [0, 0.1) is 0 Å². The van der Waals surface area contributed by atoms with E-state index in [4.69, 9.17) is 0 Å². The van der Waals surface area contributed by atoms with Crippen LogP contribution in [0.25, 0.3) is 0 Å². The summed E-state index contributed by atoms with van der Waals surface area (Å²) < 4.78 is 25.4. The lowest BCUT2D eigenvalue weighted by atomic mass is 10.1. The predicted octanol–water partition coefficient (Wildman–Crippen LogP) is 2.49. The summed E-state index contributed by atoms with van der Waals surface area (Å²) in [5.74, 6) is -2.82. The molecule has 0 atom stereocenters. The summed E-state index contributed by atoms with van der Waals surface area (Å²) in [7, 11) is 1.58. The lowest BCUT2D eigenvalue weighted by Crippen LogP contribution is -2.14. The molecule has 0 aromatic carbocycles. The van der Waals surface area contributed by atoms with Crippen LogP contribution in [0.2, 0.25) is 0 Å². The Kier molecular flexibility index (Phi) is 4.26. The van der Waals surface area contributed by atoms with Crippen molar-refractivity contribution in [1.82, 2.24) is 5.32 Å². The fraction of sp³-hybridized carbons (Fsp3) is 0.333. The normalized spacial score (nSPS) is 13.5. The van der Waals surface area contributed by atoms with Gasteiger partial charge in [0.2, 0.25) is 0 Å². The maximum absolute atomic E-state index is 12.7. The summed E-state index contributed by atoms with van der Waals surface area (Å²) in [6.07, 6.45) is 5.51. The van der Waals surface area contributed by atoms with Gasteiger partial charge in [-0.2, -0.15) is 0 Å². The molecule has 0 aliphatic carbocycles. The Hall–Kier alpha value is -1.12. The molecule has 0 radical (unpaired) electrons. The predicted molar refractivity (Wildman–Crippen MR) is 47.1 cm³/mol. The van der Waals surface area contributed by atoms with Crippen molar-refractivity contribution in [3.05, 3.63) is 36.6 Å².